The standard InChI is InChI=1S/C26H31F4NO3/c1-4-34-25(32)12-9-17-5-6-20(14-22(17)26(28,29)30)19-7-10-21(13-19)31-16(2)18-8-11-23(27)24(15-18)33-3/h5-6,8,11,14-16,19,21,31H,4,7,9-10,12-13H2,1-3H3/t16-,19?,21-/m1/s1. The highest BCUT2D eigenvalue weighted by atomic mass is 19.4. The number of halogens is 4. The summed E-state index contributed by atoms with van der Waals surface area (Å²) < 4.78 is 64.8. The van der Waals surface area contributed by atoms with Crippen molar-refractivity contribution >= 4 is 5.97 Å². The van der Waals surface area contributed by atoms with Gasteiger partial charge in [0.15, 0.2) is 11.6 Å². The molecule has 0 heterocycles. The van der Waals surface area contributed by atoms with Crippen molar-refractivity contribution < 1.29 is 31.8 Å². The van der Waals surface area contributed by atoms with Gasteiger partial charge in [0.1, 0.15) is 0 Å². The lowest BCUT2D eigenvalue weighted by Gasteiger charge is -2.21. The van der Waals surface area contributed by atoms with Crippen molar-refractivity contribution in [3.05, 3.63) is 64.5 Å². The Kier molecular flexibility index (Phi) is 8.57. The maximum atomic E-state index is 13.7. The molecule has 0 aliphatic heterocycles. The topological polar surface area (TPSA) is 47.6 Å². The summed E-state index contributed by atoms with van der Waals surface area (Å²) in [5, 5.41) is 3.51. The highest BCUT2D eigenvalue weighted by Crippen LogP contribution is 2.40. The summed E-state index contributed by atoms with van der Waals surface area (Å²) in [6.45, 7) is 3.84. The van der Waals surface area contributed by atoms with E-state index in [2.05, 4.69) is 5.32 Å². The molecule has 0 radical (unpaired) electrons. The van der Waals surface area contributed by atoms with Crippen LogP contribution in [-0.4, -0.2) is 25.7 Å². The number of hydrogen-bond acceptors (Lipinski definition) is 4. The lowest BCUT2D eigenvalue weighted by atomic mass is 9.92. The van der Waals surface area contributed by atoms with Gasteiger partial charge >= 0.3 is 12.1 Å². The third-order valence-corrected chi connectivity index (χ3v) is 6.41. The number of rotatable bonds is 9. The van der Waals surface area contributed by atoms with Gasteiger partial charge in [-0.25, -0.2) is 4.39 Å². The Hall–Kier alpha value is -2.61. The molecule has 1 aliphatic carbocycles. The maximum absolute atomic E-state index is 13.7. The normalized spacial score (nSPS) is 19.1. The summed E-state index contributed by atoms with van der Waals surface area (Å²) in [5.74, 6) is -0.742. The third kappa shape index (κ3) is 6.50. The lowest BCUT2D eigenvalue weighted by molar-refractivity contribution is -0.144. The first-order chi connectivity index (χ1) is 16.1. The molecule has 0 saturated heterocycles. The quantitative estimate of drug-likeness (QED) is 0.336. The van der Waals surface area contributed by atoms with Crippen LogP contribution in [0.2, 0.25) is 0 Å². The Balaban J connectivity index is 1.68. The molecule has 2 aromatic rings. The number of aryl methyl sites for hydroxylation is 1. The first-order valence-corrected chi connectivity index (χ1v) is 11.6. The van der Waals surface area contributed by atoms with Crippen LogP contribution < -0.4 is 10.1 Å². The molecule has 0 bridgehead atoms. The molecule has 34 heavy (non-hydrogen) atoms. The van der Waals surface area contributed by atoms with E-state index in [0.29, 0.717) is 12.0 Å². The first kappa shape index (κ1) is 26.0. The second-order valence-electron chi connectivity index (χ2n) is 8.71. The van der Waals surface area contributed by atoms with Crippen molar-refractivity contribution in [1.82, 2.24) is 5.32 Å². The van der Waals surface area contributed by atoms with E-state index in [-0.39, 0.29) is 48.8 Å². The lowest BCUT2D eigenvalue weighted by Crippen LogP contribution is -2.29. The minimum Gasteiger partial charge on any atom is -0.494 e. The second-order valence-corrected chi connectivity index (χ2v) is 8.71. The van der Waals surface area contributed by atoms with E-state index in [0.717, 1.165) is 18.4 Å². The van der Waals surface area contributed by atoms with E-state index < -0.39 is 23.5 Å². The van der Waals surface area contributed by atoms with Crippen molar-refractivity contribution in [1.29, 1.82) is 0 Å². The molecule has 1 aliphatic rings. The van der Waals surface area contributed by atoms with Crippen LogP contribution in [0.3, 0.4) is 0 Å². The maximum Gasteiger partial charge on any atom is 0.416 e. The minimum atomic E-state index is -4.49. The number of alkyl halides is 3. The van der Waals surface area contributed by atoms with Gasteiger partial charge in [0.05, 0.1) is 19.3 Å². The molecule has 1 unspecified atom stereocenters. The van der Waals surface area contributed by atoms with Crippen LogP contribution in [0.4, 0.5) is 17.6 Å². The second kappa shape index (κ2) is 11.2. The van der Waals surface area contributed by atoms with Gasteiger partial charge in [-0.05, 0) is 80.3 Å². The molecule has 0 spiro atoms. The summed E-state index contributed by atoms with van der Waals surface area (Å²) >= 11 is 0. The van der Waals surface area contributed by atoms with Crippen molar-refractivity contribution in [2.45, 2.75) is 70.1 Å². The van der Waals surface area contributed by atoms with E-state index >= 15 is 0 Å². The highest BCUT2D eigenvalue weighted by Gasteiger charge is 2.35. The number of methoxy groups -OCH3 is 1. The van der Waals surface area contributed by atoms with Crippen LogP contribution >= 0.6 is 0 Å². The smallest absolute Gasteiger partial charge is 0.416 e. The molecular weight excluding hydrogens is 450 g/mol. The van der Waals surface area contributed by atoms with Gasteiger partial charge in [0.25, 0.3) is 0 Å². The molecule has 0 aromatic heterocycles. The van der Waals surface area contributed by atoms with E-state index in [1.807, 2.05) is 6.92 Å². The Morgan fingerprint density at radius 2 is 1.94 bits per heavy atom. The summed E-state index contributed by atoms with van der Waals surface area (Å²) in [5.41, 5.74) is 0.966. The van der Waals surface area contributed by atoms with Crippen LogP contribution in [0.15, 0.2) is 36.4 Å². The van der Waals surface area contributed by atoms with Crippen LogP contribution in [0, 0.1) is 5.82 Å². The van der Waals surface area contributed by atoms with Crippen molar-refractivity contribution in [2.75, 3.05) is 13.7 Å². The molecule has 4 nitrogen and oxygen atoms in total. The molecule has 1 saturated carbocycles. The average molecular weight is 482 g/mol. The van der Waals surface area contributed by atoms with Gasteiger partial charge in [0, 0.05) is 18.5 Å². The fourth-order valence-corrected chi connectivity index (χ4v) is 4.63. The molecule has 1 N–H and O–H groups in total. The number of carbonyl (C=O) groups excluding carboxylic acids is 1. The zero-order valence-corrected chi connectivity index (χ0v) is 19.7. The Morgan fingerprint density at radius 3 is 2.62 bits per heavy atom. The number of esters is 1. The van der Waals surface area contributed by atoms with Gasteiger partial charge in [0.2, 0.25) is 0 Å². The molecule has 1 fully saturated rings. The summed E-state index contributed by atoms with van der Waals surface area (Å²) in [6.07, 6.45) is -2.27. The van der Waals surface area contributed by atoms with Crippen LogP contribution in [0.5, 0.6) is 5.75 Å². The minimum absolute atomic E-state index is 0.00709. The van der Waals surface area contributed by atoms with Gasteiger partial charge in [-0.15, -0.1) is 0 Å². The SMILES string of the molecule is CCOC(=O)CCc1ccc(C2CC[C@@H](N[C@H](C)c3ccc(F)c(OC)c3)C2)cc1C(F)(F)F. The van der Waals surface area contributed by atoms with Crippen LogP contribution in [0.1, 0.15) is 73.7 Å². The first-order valence-electron chi connectivity index (χ1n) is 11.6. The molecular formula is C26H31F4NO3. The fraction of sp³-hybridized carbons (Fsp3) is 0.500. The third-order valence-electron chi connectivity index (χ3n) is 6.41. The molecule has 2 aromatic carbocycles. The van der Waals surface area contributed by atoms with Crippen molar-refractivity contribution in [3.63, 3.8) is 0 Å². The van der Waals surface area contributed by atoms with Crippen LogP contribution in [-0.2, 0) is 22.1 Å². The van der Waals surface area contributed by atoms with Crippen molar-refractivity contribution in [3.8, 4) is 5.75 Å². The Labute approximate surface area is 197 Å². The van der Waals surface area contributed by atoms with Gasteiger partial charge in [-0.3, -0.25) is 4.79 Å². The van der Waals surface area contributed by atoms with E-state index in [1.165, 1.54) is 25.3 Å². The van der Waals surface area contributed by atoms with Gasteiger partial charge in [-0.1, -0.05) is 18.2 Å². The summed E-state index contributed by atoms with van der Waals surface area (Å²) in [7, 11) is 1.42. The van der Waals surface area contributed by atoms with E-state index in [9.17, 15) is 22.4 Å². The molecule has 3 rings (SSSR count). The highest BCUT2D eigenvalue weighted by molar-refractivity contribution is 5.69. The van der Waals surface area contributed by atoms with E-state index in [1.54, 1.807) is 25.1 Å². The van der Waals surface area contributed by atoms with Gasteiger partial charge in [-0.2, -0.15) is 13.2 Å². The largest absolute Gasteiger partial charge is 0.494 e. The van der Waals surface area contributed by atoms with E-state index in [4.69, 9.17) is 9.47 Å². The van der Waals surface area contributed by atoms with Crippen LogP contribution in [0.25, 0.3) is 0 Å². The Morgan fingerprint density at radius 1 is 1.18 bits per heavy atom. The number of nitrogens with one attached hydrogen (secondary N) is 1. The summed E-state index contributed by atoms with van der Waals surface area (Å²) in [6, 6.07) is 9.27. The number of benzene rings is 2. The zero-order chi connectivity index (χ0) is 24.9. The summed E-state index contributed by atoms with van der Waals surface area (Å²) in [4.78, 5) is 11.6. The molecule has 0 amide bonds. The average Bonchev–Trinajstić information content (AvgIpc) is 3.26. The molecule has 8 heteroatoms. The molecule has 186 valence electrons. The number of hydrogen-bond donors (Lipinski definition) is 1. The fourth-order valence-electron chi connectivity index (χ4n) is 4.63. The molecule has 3 atom stereocenters. The predicted molar refractivity (Wildman–Crippen MR) is 121 cm³/mol. The number of ether oxygens (including phenoxy) is 2. The zero-order valence-electron chi connectivity index (χ0n) is 19.7. The van der Waals surface area contributed by atoms with Crippen molar-refractivity contribution in [2.24, 2.45) is 0 Å². The van der Waals surface area contributed by atoms with Gasteiger partial charge < -0.3 is 14.8 Å². The monoisotopic (exact) mass is 481 g/mol. The Bertz CT molecular complexity index is 992. The number of carbonyl (C=O) groups is 1. The predicted octanol–water partition coefficient (Wildman–Crippen LogP) is 6.34.